The van der Waals surface area contributed by atoms with Crippen LogP contribution in [0.1, 0.15) is 54.4 Å². The van der Waals surface area contributed by atoms with Crippen molar-refractivity contribution < 1.29 is 13.9 Å². The maximum Gasteiger partial charge on any atom is 0.235 e. The molecular weight excluding hydrogens is 473 g/mol. The van der Waals surface area contributed by atoms with Gasteiger partial charge < -0.3 is 14.6 Å². The lowest BCUT2D eigenvalue weighted by molar-refractivity contribution is -0.113. The van der Waals surface area contributed by atoms with E-state index in [9.17, 15) is 14.4 Å². The van der Waals surface area contributed by atoms with Crippen LogP contribution in [0.2, 0.25) is 0 Å². The van der Waals surface area contributed by atoms with E-state index in [0.717, 1.165) is 31.2 Å². The molecule has 0 unspecified atom stereocenters. The molecule has 0 radical (unpaired) electrons. The van der Waals surface area contributed by atoms with Crippen LogP contribution >= 0.6 is 23.1 Å². The van der Waals surface area contributed by atoms with Gasteiger partial charge in [0.25, 0.3) is 0 Å². The minimum Gasteiger partial charge on any atom is -0.486 e. The molecule has 34 heavy (non-hydrogen) atoms. The normalized spacial score (nSPS) is 13.4. The van der Waals surface area contributed by atoms with Crippen molar-refractivity contribution >= 4 is 34.0 Å². The van der Waals surface area contributed by atoms with Gasteiger partial charge in [0, 0.05) is 11.4 Å². The highest BCUT2D eigenvalue weighted by Gasteiger charge is 2.21. The Morgan fingerprint density at radius 3 is 2.74 bits per heavy atom. The molecule has 0 atom stereocenters. The van der Waals surface area contributed by atoms with Crippen LogP contribution in [-0.4, -0.2) is 26.4 Å². The summed E-state index contributed by atoms with van der Waals surface area (Å²) >= 11 is 2.83. The van der Waals surface area contributed by atoms with E-state index < -0.39 is 0 Å². The van der Waals surface area contributed by atoms with Crippen molar-refractivity contribution in [1.82, 2.24) is 14.8 Å². The molecule has 2 heterocycles. The van der Waals surface area contributed by atoms with Gasteiger partial charge >= 0.3 is 0 Å². The van der Waals surface area contributed by atoms with E-state index in [1.165, 1.54) is 53.0 Å². The number of thioether (sulfide) groups is 1. The van der Waals surface area contributed by atoms with Gasteiger partial charge in [0.15, 0.2) is 11.0 Å². The summed E-state index contributed by atoms with van der Waals surface area (Å²) in [4.78, 5) is 13.9. The van der Waals surface area contributed by atoms with Gasteiger partial charge in [-0.2, -0.15) is 5.26 Å². The van der Waals surface area contributed by atoms with Gasteiger partial charge in [-0.3, -0.25) is 4.79 Å². The summed E-state index contributed by atoms with van der Waals surface area (Å²) in [6, 6.07) is 8.10. The number of anilines is 1. The van der Waals surface area contributed by atoms with Gasteiger partial charge in [0.05, 0.1) is 11.3 Å². The minimum absolute atomic E-state index is 0.157. The summed E-state index contributed by atoms with van der Waals surface area (Å²) in [6.45, 7) is 2.77. The Labute approximate surface area is 206 Å². The SMILES string of the molecule is CCn1c(COc2ccc(F)cc2)nnc1SCC(=O)Nc1sc2c(c1C#N)CCCCCC2. The summed E-state index contributed by atoms with van der Waals surface area (Å²) in [7, 11) is 0. The van der Waals surface area contributed by atoms with Crippen molar-refractivity contribution in [3.63, 3.8) is 0 Å². The molecule has 0 saturated carbocycles. The van der Waals surface area contributed by atoms with Gasteiger partial charge in [-0.15, -0.1) is 21.5 Å². The van der Waals surface area contributed by atoms with Gasteiger partial charge in [0.2, 0.25) is 5.91 Å². The second-order valence-electron chi connectivity index (χ2n) is 7.96. The number of carbonyl (C=O) groups excluding carboxylic acids is 1. The van der Waals surface area contributed by atoms with Gasteiger partial charge in [0.1, 0.15) is 29.2 Å². The molecule has 0 spiro atoms. The zero-order valence-corrected chi connectivity index (χ0v) is 20.6. The topological polar surface area (TPSA) is 92.8 Å². The maximum absolute atomic E-state index is 13.1. The fraction of sp³-hybridized carbons (Fsp3) is 0.417. The summed E-state index contributed by atoms with van der Waals surface area (Å²) in [6.07, 6.45) is 6.49. The molecule has 1 aliphatic carbocycles. The molecular formula is C24H26FN5O2S2. The molecule has 3 aromatic rings. The van der Waals surface area contributed by atoms with Crippen molar-refractivity contribution in [3.05, 3.63) is 51.9 Å². The van der Waals surface area contributed by atoms with Crippen LogP contribution in [0.15, 0.2) is 29.4 Å². The third kappa shape index (κ3) is 5.77. The van der Waals surface area contributed by atoms with E-state index in [1.807, 2.05) is 11.5 Å². The lowest BCUT2D eigenvalue weighted by atomic mass is 9.97. The zero-order chi connectivity index (χ0) is 23.9. The second-order valence-corrected chi connectivity index (χ2v) is 10.0. The Bertz CT molecular complexity index is 1180. The Morgan fingerprint density at radius 2 is 2.00 bits per heavy atom. The monoisotopic (exact) mass is 499 g/mol. The third-order valence-electron chi connectivity index (χ3n) is 5.66. The molecule has 1 aliphatic rings. The fourth-order valence-corrected chi connectivity index (χ4v) is 6.02. The van der Waals surface area contributed by atoms with Crippen LogP contribution in [0.5, 0.6) is 5.75 Å². The molecule has 0 saturated heterocycles. The number of carbonyl (C=O) groups is 1. The van der Waals surface area contributed by atoms with Crippen LogP contribution in [-0.2, 0) is 30.8 Å². The van der Waals surface area contributed by atoms with Crippen LogP contribution in [0.25, 0.3) is 0 Å². The molecule has 10 heteroatoms. The highest BCUT2D eigenvalue weighted by atomic mass is 32.2. The molecule has 0 bridgehead atoms. The molecule has 4 rings (SSSR count). The summed E-state index contributed by atoms with van der Waals surface area (Å²) in [5.41, 5.74) is 1.74. The predicted octanol–water partition coefficient (Wildman–Crippen LogP) is 5.34. The van der Waals surface area contributed by atoms with Gasteiger partial charge in [-0.25, -0.2) is 4.39 Å². The van der Waals surface area contributed by atoms with E-state index in [1.54, 1.807) is 12.1 Å². The first-order chi connectivity index (χ1) is 16.6. The number of nitriles is 1. The van der Waals surface area contributed by atoms with E-state index >= 15 is 0 Å². The van der Waals surface area contributed by atoms with E-state index in [0.29, 0.717) is 33.8 Å². The number of benzene rings is 1. The Morgan fingerprint density at radius 1 is 1.24 bits per heavy atom. The van der Waals surface area contributed by atoms with E-state index in [2.05, 4.69) is 21.6 Å². The summed E-state index contributed by atoms with van der Waals surface area (Å²) < 4.78 is 20.6. The highest BCUT2D eigenvalue weighted by molar-refractivity contribution is 7.99. The number of halogens is 1. The molecule has 1 amide bonds. The molecule has 1 N–H and O–H groups in total. The van der Waals surface area contributed by atoms with Crippen molar-refractivity contribution in [2.75, 3.05) is 11.1 Å². The van der Waals surface area contributed by atoms with Crippen molar-refractivity contribution in [3.8, 4) is 11.8 Å². The largest absolute Gasteiger partial charge is 0.486 e. The molecule has 1 aromatic carbocycles. The number of rotatable bonds is 8. The van der Waals surface area contributed by atoms with Crippen molar-refractivity contribution in [2.24, 2.45) is 0 Å². The maximum atomic E-state index is 13.1. The van der Waals surface area contributed by atoms with Crippen LogP contribution < -0.4 is 10.1 Å². The standard InChI is InChI=1S/C24H26FN5O2S2/c1-2-30-21(14-32-17-11-9-16(25)10-12-17)28-29-24(30)33-15-22(31)27-23-19(13-26)18-7-5-3-4-6-8-20(18)34-23/h9-12H,2-8,14-15H2,1H3,(H,27,31). The summed E-state index contributed by atoms with van der Waals surface area (Å²) in [5, 5.41) is 22.3. The molecule has 7 nitrogen and oxygen atoms in total. The number of hydrogen-bond acceptors (Lipinski definition) is 7. The van der Waals surface area contributed by atoms with Crippen molar-refractivity contribution in [1.29, 1.82) is 5.26 Å². The van der Waals surface area contributed by atoms with E-state index in [4.69, 9.17) is 4.74 Å². The Hall–Kier alpha value is -2.90. The second kappa shape index (κ2) is 11.5. The first-order valence-electron chi connectivity index (χ1n) is 11.4. The van der Waals surface area contributed by atoms with Crippen LogP contribution in [0, 0.1) is 17.1 Å². The van der Waals surface area contributed by atoms with Crippen LogP contribution in [0.4, 0.5) is 9.39 Å². The first-order valence-corrected chi connectivity index (χ1v) is 13.2. The third-order valence-corrected chi connectivity index (χ3v) is 7.83. The molecule has 2 aromatic heterocycles. The highest BCUT2D eigenvalue weighted by Crippen LogP contribution is 2.36. The number of hydrogen-bond donors (Lipinski definition) is 1. The fourth-order valence-electron chi connectivity index (χ4n) is 3.95. The number of ether oxygens (including phenoxy) is 1. The quantitative estimate of drug-likeness (QED) is 0.421. The lowest BCUT2D eigenvalue weighted by Crippen LogP contribution is -2.15. The number of fused-ring (bicyclic) bond motifs is 1. The van der Waals surface area contributed by atoms with E-state index in [-0.39, 0.29) is 24.1 Å². The Kier molecular flexibility index (Phi) is 8.19. The average molecular weight is 500 g/mol. The first kappa shape index (κ1) is 24.2. The van der Waals surface area contributed by atoms with Gasteiger partial charge in [-0.1, -0.05) is 24.6 Å². The lowest BCUT2D eigenvalue weighted by Gasteiger charge is -2.09. The molecule has 0 fully saturated rings. The van der Waals surface area contributed by atoms with Gasteiger partial charge in [-0.05, 0) is 62.4 Å². The molecule has 0 aliphatic heterocycles. The number of nitrogens with zero attached hydrogens (tertiary/aromatic N) is 4. The molecule has 178 valence electrons. The number of amides is 1. The summed E-state index contributed by atoms with van der Waals surface area (Å²) in [5.74, 6) is 0.824. The number of aromatic nitrogens is 3. The average Bonchev–Trinajstić information content (AvgIpc) is 3.36. The van der Waals surface area contributed by atoms with Crippen molar-refractivity contribution in [2.45, 2.75) is 63.8 Å². The minimum atomic E-state index is -0.323. The number of thiophene rings is 1. The number of aryl methyl sites for hydroxylation is 1. The zero-order valence-electron chi connectivity index (χ0n) is 19.0. The predicted molar refractivity (Wildman–Crippen MR) is 131 cm³/mol. The Balaban J connectivity index is 1.37. The van der Waals surface area contributed by atoms with Crippen LogP contribution in [0.3, 0.4) is 0 Å². The number of nitrogens with one attached hydrogen (secondary N) is 1. The smallest absolute Gasteiger partial charge is 0.235 e.